The first kappa shape index (κ1) is 90.1. The molecule has 0 rings (SSSR count). The van der Waals surface area contributed by atoms with Gasteiger partial charge < -0.3 is 33.8 Å². The monoisotopic (exact) mass is 1350 g/mol. The van der Waals surface area contributed by atoms with Gasteiger partial charge in [-0.2, -0.15) is 0 Å². The lowest BCUT2D eigenvalue weighted by molar-refractivity contribution is -0.161. The number of carbonyl (C=O) groups is 4. The fraction of sp³-hybridized carbons (Fsp3) is 0.945. The molecule has 0 saturated carbocycles. The second-order valence-electron chi connectivity index (χ2n) is 27.8. The Hall–Kier alpha value is -1.94. The molecular formula is C73H142O17P2. The number of aliphatic hydroxyl groups excluding tert-OH is 1. The van der Waals surface area contributed by atoms with Gasteiger partial charge in [-0.3, -0.25) is 37.3 Å². The summed E-state index contributed by atoms with van der Waals surface area (Å²) in [4.78, 5) is 72.7. The minimum atomic E-state index is -4.95. The van der Waals surface area contributed by atoms with Crippen LogP contribution in [0, 0.1) is 17.8 Å². The third-order valence-corrected chi connectivity index (χ3v) is 18.8. The van der Waals surface area contributed by atoms with Crippen LogP contribution in [0.2, 0.25) is 0 Å². The Morgan fingerprint density at radius 3 is 0.739 bits per heavy atom. The van der Waals surface area contributed by atoms with Crippen molar-refractivity contribution < 1.29 is 80.2 Å². The maximum absolute atomic E-state index is 13.1. The molecule has 92 heavy (non-hydrogen) atoms. The molecular weight excluding hydrogens is 1210 g/mol. The van der Waals surface area contributed by atoms with E-state index in [1.807, 2.05) is 0 Å². The Labute approximate surface area is 562 Å². The molecule has 0 aliphatic rings. The molecule has 19 heteroatoms. The molecule has 3 N–H and O–H groups in total. The zero-order valence-electron chi connectivity index (χ0n) is 60.0. The quantitative estimate of drug-likeness (QED) is 0.0222. The Bertz CT molecular complexity index is 1800. The first-order chi connectivity index (χ1) is 44.2. The van der Waals surface area contributed by atoms with Gasteiger partial charge in [0.15, 0.2) is 12.2 Å². The smallest absolute Gasteiger partial charge is 0.462 e. The van der Waals surface area contributed by atoms with E-state index < -0.39 is 97.5 Å². The highest BCUT2D eigenvalue weighted by Crippen LogP contribution is 2.45. The van der Waals surface area contributed by atoms with Crippen LogP contribution in [0.5, 0.6) is 0 Å². The van der Waals surface area contributed by atoms with E-state index in [1.54, 1.807) is 0 Å². The molecule has 17 nitrogen and oxygen atoms in total. The van der Waals surface area contributed by atoms with Crippen molar-refractivity contribution in [2.75, 3.05) is 39.6 Å². The summed E-state index contributed by atoms with van der Waals surface area (Å²) in [6, 6.07) is 0. The van der Waals surface area contributed by atoms with E-state index >= 15 is 0 Å². The molecule has 0 radical (unpaired) electrons. The maximum atomic E-state index is 13.1. The first-order valence-corrected chi connectivity index (χ1v) is 40.8. The summed E-state index contributed by atoms with van der Waals surface area (Å²) >= 11 is 0. The minimum absolute atomic E-state index is 0.105. The highest BCUT2D eigenvalue weighted by atomic mass is 31.2. The fourth-order valence-electron chi connectivity index (χ4n) is 11.1. The van der Waals surface area contributed by atoms with Gasteiger partial charge in [-0.25, -0.2) is 9.13 Å². The van der Waals surface area contributed by atoms with Crippen LogP contribution in [0.1, 0.15) is 370 Å². The van der Waals surface area contributed by atoms with Crippen LogP contribution in [0.4, 0.5) is 0 Å². The summed E-state index contributed by atoms with van der Waals surface area (Å²) in [7, 11) is -9.91. The van der Waals surface area contributed by atoms with Crippen molar-refractivity contribution in [2.45, 2.75) is 388 Å². The van der Waals surface area contributed by atoms with E-state index in [4.69, 9.17) is 37.0 Å². The molecule has 0 fully saturated rings. The van der Waals surface area contributed by atoms with Crippen molar-refractivity contribution in [2.24, 2.45) is 17.8 Å². The molecule has 0 aromatic rings. The van der Waals surface area contributed by atoms with E-state index in [1.165, 1.54) is 173 Å². The molecule has 0 saturated heterocycles. The van der Waals surface area contributed by atoms with Crippen molar-refractivity contribution in [3.8, 4) is 0 Å². The number of hydrogen-bond donors (Lipinski definition) is 3. The van der Waals surface area contributed by atoms with Crippen LogP contribution in [-0.4, -0.2) is 96.7 Å². The predicted molar refractivity (Wildman–Crippen MR) is 372 cm³/mol. The van der Waals surface area contributed by atoms with Crippen LogP contribution in [0.3, 0.4) is 0 Å². The van der Waals surface area contributed by atoms with E-state index in [0.29, 0.717) is 31.6 Å². The summed E-state index contributed by atoms with van der Waals surface area (Å²) in [5.74, 6) is 0.112. The lowest BCUT2D eigenvalue weighted by Crippen LogP contribution is -2.30. The van der Waals surface area contributed by atoms with Crippen molar-refractivity contribution in [3.05, 3.63) is 0 Å². The van der Waals surface area contributed by atoms with Gasteiger partial charge in [-0.05, 0) is 43.4 Å². The molecule has 0 aromatic carbocycles. The molecule has 2 unspecified atom stereocenters. The number of rotatable bonds is 71. The van der Waals surface area contributed by atoms with Gasteiger partial charge in [0, 0.05) is 25.7 Å². The number of carbonyl (C=O) groups excluding carboxylic acids is 4. The minimum Gasteiger partial charge on any atom is -0.462 e. The third kappa shape index (κ3) is 66.7. The van der Waals surface area contributed by atoms with E-state index in [2.05, 4.69) is 48.5 Å². The second kappa shape index (κ2) is 63.8. The average Bonchev–Trinajstić information content (AvgIpc) is 1.56. The topological polar surface area (TPSA) is 237 Å². The van der Waals surface area contributed by atoms with Crippen molar-refractivity contribution >= 4 is 39.5 Å². The lowest BCUT2D eigenvalue weighted by atomic mass is 10.0. The highest BCUT2D eigenvalue weighted by molar-refractivity contribution is 7.47. The molecule has 5 atom stereocenters. The van der Waals surface area contributed by atoms with E-state index in [0.717, 1.165) is 108 Å². The van der Waals surface area contributed by atoms with Crippen LogP contribution in [0.15, 0.2) is 0 Å². The normalized spacial score (nSPS) is 14.1. The molecule has 0 amide bonds. The van der Waals surface area contributed by atoms with Gasteiger partial charge >= 0.3 is 39.5 Å². The average molecular weight is 1350 g/mol. The first-order valence-electron chi connectivity index (χ1n) is 37.8. The molecule has 0 heterocycles. The number of aliphatic hydroxyl groups is 1. The molecule has 0 bridgehead atoms. The van der Waals surface area contributed by atoms with Crippen LogP contribution < -0.4 is 0 Å². The van der Waals surface area contributed by atoms with Gasteiger partial charge in [-0.1, -0.05) is 318 Å². The van der Waals surface area contributed by atoms with Crippen LogP contribution in [-0.2, 0) is 65.4 Å². The third-order valence-electron chi connectivity index (χ3n) is 16.9. The number of hydrogen-bond acceptors (Lipinski definition) is 15. The van der Waals surface area contributed by atoms with E-state index in [-0.39, 0.29) is 25.7 Å². The fourth-order valence-corrected chi connectivity index (χ4v) is 12.7. The Morgan fingerprint density at radius 1 is 0.293 bits per heavy atom. The number of phosphoric acid groups is 2. The Kier molecular flexibility index (Phi) is 62.4. The zero-order chi connectivity index (χ0) is 68.0. The largest absolute Gasteiger partial charge is 0.472 e. The van der Waals surface area contributed by atoms with Crippen LogP contribution >= 0.6 is 15.6 Å². The predicted octanol–water partition coefficient (Wildman–Crippen LogP) is 21.0. The standard InChI is InChI=1S/C73H142O17P2/c1-8-9-10-11-12-13-14-15-16-20-26-33-40-47-54-70(75)83-60-68(89-72(77)56-49-42-34-27-21-18-17-19-24-30-37-44-51-64(2)3)62-87-91(79,80)85-58-67(74)59-86-92(81,82)88-63-69(61-84-71(76)55-48-41-36-29-32-39-46-53-66(6)7)90-73(78)57-50-43-35-28-23-22-25-31-38-45-52-65(4)5/h64-69,74H,8-63H2,1-7H3,(H,79,80)(H,81,82)/t67-,68-,69-/m1/s1. The van der Waals surface area contributed by atoms with E-state index in [9.17, 15) is 43.2 Å². The Morgan fingerprint density at radius 2 is 0.500 bits per heavy atom. The second-order valence-corrected chi connectivity index (χ2v) is 30.7. The highest BCUT2D eigenvalue weighted by Gasteiger charge is 2.30. The molecule has 0 aliphatic heterocycles. The summed E-state index contributed by atoms with van der Waals surface area (Å²) < 4.78 is 68.4. The van der Waals surface area contributed by atoms with Crippen LogP contribution in [0.25, 0.3) is 0 Å². The SMILES string of the molecule is CCCCCCCCCCCCCCCCC(=O)OC[C@H](COP(=O)(O)OC[C@@H](O)COP(=O)(O)OC[C@@H](COC(=O)CCCCCCCCCC(C)C)OC(=O)CCCCCCCCCCCCC(C)C)OC(=O)CCCCCCCCCCCCCCC(C)C. The van der Waals surface area contributed by atoms with Gasteiger partial charge in [0.2, 0.25) is 0 Å². The Balaban J connectivity index is 5.26. The van der Waals surface area contributed by atoms with Gasteiger partial charge in [0.05, 0.1) is 26.4 Å². The maximum Gasteiger partial charge on any atom is 0.472 e. The zero-order valence-corrected chi connectivity index (χ0v) is 61.8. The molecule has 0 spiro atoms. The van der Waals surface area contributed by atoms with Crippen molar-refractivity contribution in [1.29, 1.82) is 0 Å². The van der Waals surface area contributed by atoms with Gasteiger partial charge in [0.1, 0.15) is 19.3 Å². The number of unbranched alkanes of at least 4 members (excludes halogenated alkanes) is 39. The molecule has 546 valence electrons. The lowest BCUT2D eigenvalue weighted by Gasteiger charge is -2.21. The van der Waals surface area contributed by atoms with Crippen molar-refractivity contribution in [3.63, 3.8) is 0 Å². The number of esters is 4. The summed E-state index contributed by atoms with van der Waals surface area (Å²) in [6.45, 7) is 11.8. The van der Waals surface area contributed by atoms with Crippen molar-refractivity contribution in [1.82, 2.24) is 0 Å². The van der Waals surface area contributed by atoms with Gasteiger partial charge in [0.25, 0.3) is 0 Å². The van der Waals surface area contributed by atoms with Gasteiger partial charge in [-0.15, -0.1) is 0 Å². The number of ether oxygens (including phenoxy) is 4. The molecule has 0 aliphatic carbocycles. The summed E-state index contributed by atoms with van der Waals surface area (Å²) in [5, 5.41) is 10.6. The molecule has 0 aromatic heterocycles. The summed E-state index contributed by atoms with van der Waals surface area (Å²) in [6.07, 6.45) is 48.6. The number of phosphoric ester groups is 2. The summed E-state index contributed by atoms with van der Waals surface area (Å²) in [5.41, 5.74) is 0.